The number of benzene rings is 1. The maximum Gasteiger partial charge on any atom is 0.0643 e. The molecule has 0 N–H and O–H groups in total. The SMILES string of the molecule is CCCCc1ccccc1/C=C/C(=O)[O-]. The summed E-state index contributed by atoms with van der Waals surface area (Å²) in [6, 6.07) is 7.83. The minimum absolute atomic E-state index is 0.968. The summed E-state index contributed by atoms with van der Waals surface area (Å²) >= 11 is 0. The monoisotopic (exact) mass is 203 g/mol. The number of unbranched alkanes of at least 4 members (excludes halogenated alkanes) is 1. The van der Waals surface area contributed by atoms with Crippen LogP contribution in [-0.4, -0.2) is 5.97 Å². The molecule has 1 aromatic rings. The molecule has 2 heteroatoms. The molecular formula is C13H15O2-. The quantitative estimate of drug-likeness (QED) is 0.684. The van der Waals surface area contributed by atoms with Gasteiger partial charge in [0.25, 0.3) is 0 Å². The van der Waals surface area contributed by atoms with Crippen molar-refractivity contribution in [2.45, 2.75) is 26.2 Å². The van der Waals surface area contributed by atoms with E-state index >= 15 is 0 Å². The molecule has 2 nitrogen and oxygen atoms in total. The van der Waals surface area contributed by atoms with E-state index in [1.54, 1.807) is 6.08 Å². The molecule has 0 heterocycles. The Balaban J connectivity index is 2.81. The van der Waals surface area contributed by atoms with E-state index in [9.17, 15) is 9.90 Å². The third-order valence-electron chi connectivity index (χ3n) is 2.25. The van der Waals surface area contributed by atoms with Crippen LogP contribution < -0.4 is 5.11 Å². The summed E-state index contributed by atoms with van der Waals surface area (Å²) in [5, 5.41) is 10.3. The number of carboxylic acids is 1. The molecule has 0 amide bonds. The van der Waals surface area contributed by atoms with Crippen molar-refractivity contribution in [2.75, 3.05) is 0 Å². The van der Waals surface area contributed by atoms with Crippen molar-refractivity contribution in [1.82, 2.24) is 0 Å². The predicted molar refractivity (Wildman–Crippen MR) is 59.1 cm³/mol. The van der Waals surface area contributed by atoms with Crippen molar-refractivity contribution < 1.29 is 9.90 Å². The Morgan fingerprint density at radius 1 is 1.40 bits per heavy atom. The zero-order chi connectivity index (χ0) is 11.1. The average molecular weight is 203 g/mol. The lowest BCUT2D eigenvalue weighted by molar-refractivity contribution is -0.297. The fourth-order valence-electron chi connectivity index (χ4n) is 1.45. The van der Waals surface area contributed by atoms with E-state index in [0.29, 0.717) is 0 Å². The minimum Gasteiger partial charge on any atom is -0.545 e. The number of aliphatic carboxylic acids is 1. The van der Waals surface area contributed by atoms with Crippen LogP contribution in [-0.2, 0) is 11.2 Å². The van der Waals surface area contributed by atoms with Crippen LogP contribution in [0.25, 0.3) is 6.08 Å². The molecule has 0 aliphatic heterocycles. The number of carbonyl (C=O) groups is 1. The van der Waals surface area contributed by atoms with Crippen molar-refractivity contribution in [3.63, 3.8) is 0 Å². The Bertz CT molecular complexity index is 353. The van der Waals surface area contributed by atoms with Crippen molar-refractivity contribution >= 4 is 12.0 Å². The van der Waals surface area contributed by atoms with Crippen molar-refractivity contribution in [1.29, 1.82) is 0 Å². The van der Waals surface area contributed by atoms with Gasteiger partial charge < -0.3 is 9.90 Å². The highest BCUT2D eigenvalue weighted by atomic mass is 16.4. The van der Waals surface area contributed by atoms with E-state index in [2.05, 4.69) is 6.92 Å². The highest BCUT2D eigenvalue weighted by molar-refractivity contribution is 5.83. The molecule has 1 rings (SSSR count). The summed E-state index contributed by atoms with van der Waals surface area (Å²) in [6.45, 7) is 2.14. The lowest BCUT2D eigenvalue weighted by Gasteiger charge is -2.04. The van der Waals surface area contributed by atoms with Gasteiger partial charge in [-0.05, 0) is 30.0 Å². The molecule has 0 atom stereocenters. The zero-order valence-electron chi connectivity index (χ0n) is 8.90. The fraction of sp³-hybridized carbons (Fsp3) is 0.308. The highest BCUT2D eigenvalue weighted by Crippen LogP contribution is 2.13. The topological polar surface area (TPSA) is 40.1 Å². The van der Waals surface area contributed by atoms with Gasteiger partial charge in [0.15, 0.2) is 0 Å². The summed E-state index contributed by atoms with van der Waals surface area (Å²) in [5.74, 6) is -1.15. The van der Waals surface area contributed by atoms with Gasteiger partial charge in [-0.15, -0.1) is 0 Å². The maximum atomic E-state index is 10.3. The third kappa shape index (κ3) is 3.98. The molecule has 0 saturated carbocycles. The van der Waals surface area contributed by atoms with Crippen LogP contribution in [0, 0.1) is 0 Å². The molecule has 15 heavy (non-hydrogen) atoms. The highest BCUT2D eigenvalue weighted by Gasteiger charge is 1.97. The lowest BCUT2D eigenvalue weighted by Crippen LogP contribution is -2.18. The van der Waals surface area contributed by atoms with Gasteiger partial charge in [-0.3, -0.25) is 0 Å². The molecule has 0 bridgehead atoms. The first-order valence-electron chi connectivity index (χ1n) is 5.21. The van der Waals surface area contributed by atoms with Gasteiger partial charge >= 0.3 is 0 Å². The zero-order valence-corrected chi connectivity index (χ0v) is 8.90. The van der Waals surface area contributed by atoms with E-state index in [0.717, 1.165) is 30.9 Å². The second kappa shape index (κ2) is 6.02. The standard InChI is InChI=1S/C13H16O2/c1-2-3-6-11-7-4-5-8-12(11)9-10-13(14)15/h4-5,7-10H,2-3,6H2,1H3,(H,14,15)/p-1/b10-9+. The lowest BCUT2D eigenvalue weighted by atomic mass is 10.0. The normalized spacial score (nSPS) is 10.7. The molecule has 80 valence electrons. The Morgan fingerprint density at radius 2 is 2.13 bits per heavy atom. The molecule has 0 fully saturated rings. The van der Waals surface area contributed by atoms with Gasteiger partial charge in [0.05, 0.1) is 5.97 Å². The Morgan fingerprint density at radius 3 is 2.80 bits per heavy atom. The van der Waals surface area contributed by atoms with Crippen LogP contribution >= 0.6 is 0 Å². The fourth-order valence-corrected chi connectivity index (χ4v) is 1.45. The molecule has 0 saturated heterocycles. The van der Waals surface area contributed by atoms with Gasteiger partial charge in [-0.25, -0.2) is 0 Å². The second-order valence-corrected chi connectivity index (χ2v) is 3.45. The summed E-state index contributed by atoms with van der Waals surface area (Å²) in [5.41, 5.74) is 2.16. The minimum atomic E-state index is -1.15. The number of carboxylic acid groups (broad SMARTS) is 1. The largest absolute Gasteiger partial charge is 0.545 e. The van der Waals surface area contributed by atoms with Gasteiger partial charge in [-0.2, -0.15) is 0 Å². The van der Waals surface area contributed by atoms with E-state index in [4.69, 9.17) is 0 Å². The first-order chi connectivity index (χ1) is 7.24. The molecule has 0 aromatic heterocycles. The van der Waals surface area contributed by atoms with E-state index in [-0.39, 0.29) is 0 Å². The predicted octanol–water partition coefficient (Wildman–Crippen LogP) is 1.79. The number of hydrogen-bond donors (Lipinski definition) is 0. The molecule has 0 unspecified atom stereocenters. The van der Waals surface area contributed by atoms with Crippen LogP contribution in [0.1, 0.15) is 30.9 Å². The first-order valence-corrected chi connectivity index (χ1v) is 5.21. The molecule has 0 aliphatic rings. The van der Waals surface area contributed by atoms with Crippen LogP contribution in [0.15, 0.2) is 30.3 Å². The van der Waals surface area contributed by atoms with Crippen molar-refractivity contribution in [3.8, 4) is 0 Å². The van der Waals surface area contributed by atoms with E-state index < -0.39 is 5.97 Å². The maximum absolute atomic E-state index is 10.3. The summed E-state index contributed by atoms with van der Waals surface area (Å²) in [4.78, 5) is 10.3. The second-order valence-electron chi connectivity index (χ2n) is 3.45. The number of hydrogen-bond acceptors (Lipinski definition) is 2. The summed E-state index contributed by atoms with van der Waals surface area (Å²) < 4.78 is 0. The number of rotatable bonds is 5. The van der Waals surface area contributed by atoms with E-state index in [1.807, 2.05) is 24.3 Å². The van der Waals surface area contributed by atoms with E-state index in [1.165, 1.54) is 5.56 Å². The number of carbonyl (C=O) groups excluding carboxylic acids is 1. The third-order valence-corrected chi connectivity index (χ3v) is 2.25. The molecule has 0 aliphatic carbocycles. The van der Waals surface area contributed by atoms with Gasteiger partial charge in [0, 0.05) is 0 Å². The Labute approximate surface area is 90.3 Å². The molecule has 0 radical (unpaired) electrons. The van der Waals surface area contributed by atoms with Crippen LogP contribution in [0.5, 0.6) is 0 Å². The van der Waals surface area contributed by atoms with Gasteiger partial charge in [-0.1, -0.05) is 43.7 Å². The Hall–Kier alpha value is -1.57. The van der Waals surface area contributed by atoms with Gasteiger partial charge in [0.2, 0.25) is 0 Å². The molecule has 0 spiro atoms. The average Bonchev–Trinajstić information content (AvgIpc) is 2.24. The number of aryl methyl sites for hydroxylation is 1. The van der Waals surface area contributed by atoms with Crippen LogP contribution in [0.4, 0.5) is 0 Å². The van der Waals surface area contributed by atoms with Crippen molar-refractivity contribution in [2.24, 2.45) is 0 Å². The van der Waals surface area contributed by atoms with Gasteiger partial charge in [0.1, 0.15) is 0 Å². The first kappa shape index (κ1) is 11.5. The van der Waals surface area contributed by atoms with Crippen LogP contribution in [0.2, 0.25) is 0 Å². The van der Waals surface area contributed by atoms with Crippen LogP contribution in [0.3, 0.4) is 0 Å². The smallest absolute Gasteiger partial charge is 0.0643 e. The molecule has 1 aromatic carbocycles. The Kier molecular flexibility index (Phi) is 4.61. The summed E-state index contributed by atoms with van der Waals surface area (Å²) in [6.07, 6.45) is 5.92. The molecular weight excluding hydrogens is 188 g/mol. The summed E-state index contributed by atoms with van der Waals surface area (Å²) in [7, 11) is 0. The van der Waals surface area contributed by atoms with Crippen molar-refractivity contribution in [3.05, 3.63) is 41.5 Å².